The van der Waals surface area contributed by atoms with E-state index in [0.29, 0.717) is 23.6 Å². The molecule has 8 heteroatoms. The van der Waals surface area contributed by atoms with E-state index in [0.717, 1.165) is 11.3 Å². The molecule has 29 heavy (non-hydrogen) atoms. The van der Waals surface area contributed by atoms with Gasteiger partial charge in [-0.15, -0.1) is 11.3 Å². The molecule has 2 heterocycles. The molecule has 0 aliphatic carbocycles. The van der Waals surface area contributed by atoms with Crippen molar-refractivity contribution in [2.45, 2.75) is 36.9 Å². The van der Waals surface area contributed by atoms with Gasteiger partial charge in [0.2, 0.25) is 5.91 Å². The predicted molar refractivity (Wildman–Crippen MR) is 115 cm³/mol. The van der Waals surface area contributed by atoms with Gasteiger partial charge in [0, 0.05) is 13.1 Å². The average molecular weight is 437 g/mol. The van der Waals surface area contributed by atoms with Crippen LogP contribution in [0.25, 0.3) is 0 Å². The van der Waals surface area contributed by atoms with Crippen molar-refractivity contribution in [3.8, 4) is 5.75 Å². The average Bonchev–Trinajstić information content (AvgIpc) is 3.27. The molecule has 0 radical (unpaired) electrons. The van der Waals surface area contributed by atoms with Gasteiger partial charge in [-0.1, -0.05) is 32.0 Å². The summed E-state index contributed by atoms with van der Waals surface area (Å²) in [4.78, 5) is 13.0. The Balaban J connectivity index is 1.71. The van der Waals surface area contributed by atoms with Crippen LogP contribution in [-0.2, 0) is 14.8 Å². The number of benzene rings is 1. The SMILES string of the molecule is COc1ccc(C(NC(=O)C2CCCN(S(=O)(=O)c3cccs3)C2)C(C)C)cc1. The molecule has 6 nitrogen and oxygen atoms in total. The first-order valence-corrected chi connectivity index (χ1v) is 12.1. The summed E-state index contributed by atoms with van der Waals surface area (Å²) in [6.45, 7) is 4.79. The van der Waals surface area contributed by atoms with E-state index in [4.69, 9.17) is 4.74 Å². The van der Waals surface area contributed by atoms with Gasteiger partial charge in [0.25, 0.3) is 10.0 Å². The quantitative estimate of drug-likeness (QED) is 0.719. The Labute approximate surface area is 176 Å². The largest absolute Gasteiger partial charge is 0.497 e. The van der Waals surface area contributed by atoms with E-state index in [1.165, 1.54) is 15.6 Å². The van der Waals surface area contributed by atoms with E-state index in [-0.39, 0.29) is 30.3 Å². The maximum Gasteiger partial charge on any atom is 0.252 e. The number of methoxy groups -OCH3 is 1. The molecule has 0 saturated carbocycles. The topological polar surface area (TPSA) is 75.7 Å². The Morgan fingerprint density at radius 3 is 2.55 bits per heavy atom. The molecule has 1 aliphatic rings. The summed E-state index contributed by atoms with van der Waals surface area (Å²) >= 11 is 1.21. The number of rotatable bonds is 7. The van der Waals surface area contributed by atoms with Gasteiger partial charge in [-0.05, 0) is 47.9 Å². The summed E-state index contributed by atoms with van der Waals surface area (Å²) in [6, 6.07) is 10.9. The van der Waals surface area contributed by atoms with Gasteiger partial charge in [-0.25, -0.2) is 8.42 Å². The summed E-state index contributed by atoms with van der Waals surface area (Å²) in [7, 11) is -1.91. The second-order valence-electron chi connectivity index (χ2n) is 7.64. The molecule has 2 unspecified atom stereocenters. The number of nitrogens with zero attached hydrogens (tertiary/aromatic N) is 1. The molecule has 0 bridgehead atoms. The fourth-order valence-electron chi connectivity index (χ4n) is 3.63. The maximum absolute atomic E-state index is 13.0. The third-order valence-electron chi connectivity index (χ3n) is 5.28. The lowest BCUT2D eigenvalue weighted by Crippen LogP contribution is -2.46. The molecule has 1 saturated heterocycles. The van der Waals surface area contributed by atoms with Crippen LogP contribution in [0.15, 0.2) is 46.0 Å². The number of carbonyl (C=O) groups is 1. The standard InChI is InChI=1S/C21H28N2O4S2/c1-15(2)20(16-8-10-18(27-3)11-9-16)22-21(24)17-6-4-12-23(14-17)29(25,26)19-7-5-13-28-19/h5,7-11,13,15,17,20H,4,6,12,14H2,1-3H3,(H,22,24). The first-order chi connectivity index (χ1) is 13.8. The number of amides is 1. The Hall–Kier alpha value is -1.90. The van der Waals surface area contributed by atoms with Crippen LogP contribution in [0.3, 0.4) is 0 Å². The number of carbonyl (C=O) groups excluding carboxylic acids is 1. The Morgan fingerprint density at radius 1 is 1.24 bits per heavy atom. The van der Waals surface area contributed by atoms with E-state index in [1.54, 1.807) is 24.6 Å². The predicted octanol–water partition coefficient (Wildman–Crippen LogP) is 3.67. The zero-order chi connectivity index (χ0) is 21.0. The van der Waals surface area contributed by atoms with Crippen molar-refractivity contribution in [3.05, 3.63) is 47.3 Å². The molecule has 1 amide bonds. The lowest BCUT2D eigenvalue weighted by molar-refractivity contribution is -0.127. The molecule has 2 aromatic rings. The maximum atomic E-state index is 13.0. The van der Waals surface area contributed by atoms with Crippen LogP contribution in [-0.4, -0.2) is 38.8 Å². The fraction of sp³-hybridized carbons (Fsp3) is 0.476. The van der Waals surface area contributed by atoms with Crippen LogP contribution in [0, 0.1) is 11.8 Å². The molecule has 1 aromatic carbocycles. The van der Waals surface area contributed by atoms with Crippen LogP contribution in [0.2, 0.25) is 0 Å². The minimum atomic E-state index is -3.53. The Bertz CT molecular complexity index is 909. The molecule has 0 spiro atoms. The van der Waals surface area contributed by atoms with E-state index >= 15 is 0 Å². The molecule has 3 rings (SSSR count). The van der Waals surface area contributed by atoms with Crippen molar-refractivity contribution < 1.29 is 17.9 Å². The number of sulfonamides is 1. The highest BCUT2D eigenvalue weighted by Crippen LogP contribution is 2.28. The van der Waals surface area contributed by atoms with E-state index in [9.17, 15) is 13.2 Å². The Morgan fingerprint density at radius 2 is 1.97 bits per heavy atom. The molecule has 2 atom stereocenters. The zero-order valence-electron chi connectivity index (χ0n) is 17.0. The Kier molecular flexibility index (Phi) is 6.97. The van der Waals surface area contributed by atoms with Gasteiger partial charge in [0.15, 0.2) is 0 Å². The fourth-order valence-corrected chi connectivity index (χ4v) is 6.30. The first-order valence-electron chi connectivity index (χ1n) is 9.81. The number of hydrogen-bond acceptors (Lipinski definition) is 5. The van der Waals surface area contributed by atoms with Crippen molar-refractivity contribution in [1.82, 2.24) is 9.62 Å². The highest BCUT2D eigenvalue weighted by atomic mass is 32.2. The normalized spacial score (nSPS) is 19.1. The molecule has 158 valence electrons. The summed E-state index contributed by atoms with van der Waals surface area (Å²) < 4.78 is 32.6. The minimum absolute atomic E-state index is 0.0920. The van der Waals surface area contributed by atoms with Gasteiger partial charge in [-0.3, -0.25) is 4.79 Å². The van der Waals surface area contributed by atoms with Crippen molar-refractivity contribution in [2.24, 2.45) is 11.8 Å². The number of hydrogen-bond donors (Lipinski definition) is 1. The third kappa shape index (κ3) is 4.99. The lowest BCUT2D eigenvalue weighted by Gasteiger charge is -2.32. The first kappa shape index (κ1) is 21.8. The van der Waals surface area contributed by atoms with Crippen LogP contribution >= 0.6 is 11.3 Å². The van der Waals surface area contributed by atoms with Gasteiger partial charge in [0.1, 0.15) is 9.96 Å². The third-order valence-corrected chi connectivity index (χ3v) is 8.52. The molecular weight excluding hydrogens is 408 g/mol. The van der Waals surface area contributed by atoms with Crippen LogP contribution in [0.4, 0.5) is 0 Å². The minimum Gasteiger partial charge on any atom is -0.497 e. The summed E-state index contributed by atoms with van der Waals surface area (Å²) in [6.07, 6.45) is 1.37. The zero-order valence-corrected chi connectivity index (χ0v) is 18.6. The van der Waals surface area contributed by atoms with Crippen molar-refractivity contribution in [1.29, 1.82) is 0 Å². The van der Waals surface area contributed by atoms with Crippen LogP contribution in [0.1, 0.15) is 38.3 Å². The van der Waals surface area contributed by atoms with Gasteiger partial charge in [0.05, 0.1) is 19.1 Å². The van der Waals surface area contributed by atoms with E-state index < -0.39 is 10.0 Å². The van der Waals surface area contributed by atoms with Crippen LogP contribution < -0.4 is 10.1 Å². The number of nitrogens with one attached hydrogen (secondary N) is 1. The molecule has 1 fully saturated rings. The van der Waals surface area contributed by atoms with Gasteiger partial charge in [-0.2, -0.15) is 4.31 Å². The van der Waals surface area contributed by atoms with E-state index in [1.807, 2.05) is 24.3 Å². The number of thiophene rings is 1. The van der Waals surface area contributed by atoms with Crippen LogP contribution in [0.5, 0.6) is 5.75 Å². The molecule has 1 N–H and O–H groups in total. The number of piperidine rings is 1. The monoisotopic (exact) mass is 436 g/mol. The summed E-state index contributed by atoms with van der Waals surface area (Å²) in [5.74, 6) is 0.523. The summed E-state index contributed by atoms with van der Waals surface area (Å²) in [5.41, 5.74) is 1.01. The number of ether oxygens (including phenoxy) is 1. The van der Waals surface area contributed by atoms with Crippen molar-refractivity contribution in [3.63, 3.8) is 0 Å². The molecule has 1 aliphatic heterocycles. The summed E-state index contributed by atoms with van der Waals surface area (Å²) in [5, 5.41) is 4.90. The lowest BCUT2D eigenvalue weighted by atomic mass is 9.93. The van der Waals surface area contributed by atoms with Crippen molar-refractivity contribution in [2.75, 3.05) is 20.2 Å². The van der Waals surface area contributed by atoms with Gasteiger partial charge < -0.3 is 10.1 Å². The second-order valence-corrected chi connectivity index (χ2v) is 10.8. The highest BCUT2D eigenvalue weighted by molar-refractivity contribution is 7.91. The highest BCUT2D eigenvalue weighted by Gasteiger charge is 2.34. The van der Waals surface area contributed by atoms with Crippen molar-refractivity contribution >= 4 is 27.3 Å². The molecule has 1 aromatic heterocycles. The van der Waals surface area contributed by atoms with E-state index in [2.05, 4.69) is 19.2 Å². The molecular formula is C21H28N2O4S2. The smallest absolute Gasteiger partial charge is 0.252 e. The second kappa shape index (κ2) is 9.28. The van der Waals surface area contributed by atoms with Gasteiger partial charge >= 0.3 is 0 Å².